The molecule has 3 rings (SSSR count). The molecular formula is C16H17ClN2O7S. The molecule has 0 N–H and O–H groups in total. The highest BCUT2D eigenvalue weighted by molar-refractivity contribution is 7.91. The molecule has 1 aliphatic heterocycles. The molecule has 1 saturated heterocycles. The first-order chi connectivity index (χ1) is 12.7. The summed E-state index contributed by atoms with van der Waals surface area (Å²) in [6, 6.07) is 3.04. The first-order valence-electron chi connectivity index (χ1n) is 8.30. The van der Waals surface area contributed by atoms with E-state index < -0.39 is 45.0 Å². The van der Waals surface area contributed by atoms with Gasteiger partial charge in [-0.05, 0) is 31.4 Å². The smallest absolute Gasteiger partial charge is 0.345 e. The molecule has 1 aromatic rings. The number of carbonyl (C=O) groups excluding carboxylic acids is 2. The van der Waals surface area contributed by atoms with Crippen LogP contribution in [0.1, 0.15) is 29.6 Å². The van der Waals surface area contributed by atoms with Crippen LogP contribution < -0.4 is 0 Å². The summed E-state index contributed by atoms with van der Waals surface area (Å²) in [4.78, 5) is 36.5. The van der Waals surface area contributed by atoms with E-state index in [1.54, 1.807) is 0 Å². The van der Waals surface area contributed by atoms with Gasteiger partial charge < -0.3 is 9.64 Å². The van der Waals surface area contributed by atoms with E-state index in [2.05, 4.69) is 0 Å². The lowest BCUT2D eigenvalue weighted by Crippen LogP contribution is -2.44. The molecule has 2 aliphatic rings. The van der Waals surface area contributed by atoms with Crippen molar-refractivity contribution in [3.8, 4) is 0 Å². The van der Waals surface area contributed by atoms with E-state index >= 15 is 0 Å². The summed E-state index contributed by atoms with van der Waals surface area (Å²) < 4.78 is 28.3. The first-order valence-corrected chi connectivity index (χ1v) is 10.5. The minimum atomic E-state index is -3.16. The number of hydrogen-bond acceptors (Lipinski definition) is 7. The molecule has 27 heavy (non-hydrogen) atoms. The van der Waals surface area contributed by atoms with Crippen molar-refractivity contribution in [2.24, 2.45) is 0 Å². The monoisotopic (exact) mass is 416 g/mol. The number of nitrogens with zero attached hydrogens (tertiary/aromatic N) is 2. The molecule has 0 unspecified atom stereocenters. The van der Waals surface area contributed by atoms with Crippen LogP contribution in [0.25, 0.3) is 0 Å². The van der Waals surface area contributed by atoms with E-state index in [1.165, 1.54) is 11.0 Å². The first kappa shape index (κ1) is 19.6. The molecule has 1 atom stereocenters. The zero-order chi connectivity index (χ0) is 19.8. The largest absolute Gasteiger partial charge is 0.452 e. The van der Waals surface area contributed by atoms with Crippen LogP contribution in [0.5, 0.6) is 0 Å². The molecule has 0 spiro atoms. The van der Waals surface area contributed by atoms with E-state index in [-0.39, 0.29) is 28.1 Å². The maximum atomic E-state index is 12.5. The van der Waals surface area contributed by atoms with Gasteiger partial charge in [-0.25, -0.2) is 13.2 Å². The topological polar surface area (TPSA) is 124 Å². The highest BCUT2D eigenvalue weighted by Crippen LogP contribution is 2.32. The quantitative estimate of drug-likeness (QED) is 0.391. The summed E-state index contributed by atoms with van der Waals surface area (Å²) in [5.74, 6) is -1.57. The number of halogens is 1. The molecule has 1 heterocycles. The van der Waals surface area contributed by atoms with Crippen molar-refractivity contribution in [2.45, 2.75) is 31.3 Å². The molecule has 11 heteroatoms. The lowest BCUT2D eigenvalue weighted by atomic mass is 10.2. The standard InChI is InChI=1S/C16H17ClN2O7S/c17-10-1-4-13(14(7-10)19(22)23)16(21)26-8-15(20)18(11-2-3-11)12-5-6-27(24,25)9-12/h1,4,7,11-12H,2-3,5-6,8-9H2/t12-/m1/s1. The number of ether oxygens (including phenoxy) is 1. The number of amides is 1. The van der Waals surface area contributed by atoms with Crippen LogP contribution in [-0.4, -0.2) is 60.3 Å². The fourth-order valence-corrected chi connectivity index (χ4v) is 5.04. The van der Waals surface area contributed by atoms with Crippen molar-refractivity contribution in [1.82, 2.24) is 4.90 Å². The highest BCUT2D eigenvalue weighted by Gasteiger charge is 2.42. The number of rotatable bonds is 6. The third-order valence-corrected chi connectivity index (χ3v) is 6.52. The van der Waals surface area contributed by atoms with Crippen LogP contribution in [0.4, 0.5) is 5.69 Å². The van der Waals surface area contributed by atoms with Gasteiger partial charge in [-0.1, -0.05) is 11.6 Å². The summed E-state index contributed by atoms with van der Waals surface area (Å²) in [6.07, 6.45) is 1.92. The Kier molecular flexibility index (Phi) is 5.38. The molecule has 1 saturated carbocycles. The van der Waals surface area contributed by atoms with Gasteiger partial charge in [0, 0.05) is 23.2 Å². The fourth-order valence-electron chi connectivity index (χ4n) is 3.16. The molecule has 1 amide bonds. The molecule has 2 fully saturated rings. The van der Waals surface area contributed by atoms with Gasteiger partial charge in [-0.2, -0.15) is 0 Å². The van der Waals surface area contributed by atoms with Gasteiger partial charge in [0.05, 0.1) is 16.4 Å². The van der Waals surface area contributed by atoms with Gasteiger partial charge in [0.15, 0.2) is 16.4 Å². The van der Waals surface area contributed by atoms with Crippen molar-refractivity contribution in [2.75, 3.05) is 18.1 Å². The lowest BCUT2D eigenvalue weighted by Gasteiger charge is -2.28. The Labute approximate surface area is 160 Å². The predicted octanol–water partition coefficient (Wildman–Crippen LogP) is 1.58. The molecule has 1 aromatic carbocycles. The van der Waals surface area contributed by atoms with Gasteiger partial charge in [-0.3, -0.25) is 14.9 Å². The summed E-state index contributed by atoms with van der Waals surface area (Å²) >= 11 is 5.71. The van der Waals surface area contributed by atoms with Crippen molar-refractivity contribution < 1.29 is 27.7 Å². The molecule has 146 valence electrons. The Hall–Kier alpha value is -2.20. The van der Waals surface area contributed by atoms with Gasteiger partial charge in [0.1, 0.15) is 5.56 Å². The second-order valence-corrected chi connectivity index (χ2v) is 9.25. The van der Waals surface area contributed by atoms with Crippen LogP contribution in [0.15, 0.2) is 18.2 Å². The SMILES string of the molecule is O=C(OCC(=O)N(C1CC1)[C@@H]1CCS(=O)(=O)C1)c1ccc(Cl)cc1[N+](=O)[O-]. The van der Waals surface area contributed by atoms with E-state index in [4.69, 9.17) is 16.3 Å². The minimum Gasteiger partial charge on any atom is -0.452 e. The molecule has 1 aliphatic carbocycles. The molecular weight excluding hydrogens is 400 g/mol. The highest BCUT2D eigenvalue weighted by atomic mass is 35.5. The van der Waals surface area contributed by atoms with E-state index in [0.29, 0.717) is 6.42 Å². The van der Waals surface area contributed by atoms with Crippen molar-refractivity contribution in [3.05, 3.63) is 38.9 Å². The van der Waals surface area contributed by atoms with Crippen LogP contribution in [-0.2, 0) is 19.4 Å². The van der Waals surface area contributed by atoms with Gasteiger partial charge in [0.2, 0.25) is 0 Å². The van der Waals surface area contributed by atoms with Crippen LogP contribution >= 0.6 is 11.6 Å². The predicted molar refractivity (Wildman–Crippen MR) is 95.3 cm³/mol. The average molecular weight is 417 g/mol. The third-order valence-electron chi connectivity index (χ3n) is 4.53. The maximum absolute atomic E-state index is 12.5. The summed E-state index contributed by atoms with van der Waals surface area (Å²) in [5.41, 5.74) is -0.820. The van der Waals surface area contributed by atoms with E-state index in [0.717, 1.165) is 25.0 Å². The Bertz CT molecular complexity index is 898. The normalized spacial score (nSPS) is 20.9. The van der Waals surface area contributed by atoms with Crippen LogP contribution in [0, 0.1) is 10.1 Å². The van der Waals surface area contributed by atoms with Gasteiger partial charge in [0.25, 0.3) is 11.6 Å². The number of nitro benzene ring substituents is 1. The molecule has 0 radical (unpaired) electrons. The van der Waals surface area contributed by atoms with E-state index in [9.17, 15) is 28.1 Å². The second kappa shape index (κ2) is 7.43. The van der Waals surface area contributed by atoms with E-state index in [1.807, 2.05) is 0 Å². The zero-order valence-corrected chi connectivity index (χ0v) is 15.7. The number of sulfone groups is 1. The number of benzene rings is 1. The zero-order valence-electron chi connectivity index (χ0n) is 14.2. The van der Waals surface area contributed by atoms with Gasteiger partial charge in [-0.15, -0.1) is 0 Å². The Balaban J connectivity index is 1.68. The van der Waals surface area contributed by atoms with Crippen LogP contribution in [0.3, 0.4) is 0 Å². The van der Waals surface area contributed by atoms with Gasteiger partial charge >= 0.3 is 5.97 Å². The summed E-state index contributed by atoms with van der Waals surface area (Å²) in [7, 11) is -3.16. The van der Waals surface area contributed by atoms with Crippen molar-refractivity contribution in [1.29, 1.82) is 0 Å². The Morgan fingerprint density at radius 3 is 2.52 bits per heavy atom. The third kappa shape index (κ3) is 4.56. The average Bonchev–Trinajstić information content (AvgIpc) is 3.36. The van der Waals surface area contributed by atoms with Crippen molar-refractivity contribution >= 4 is 39.0 Å². The number of esters is 1. The maximum Gasteiger partial charge on any atom is 0.345 e. The Morgan fingerprint density at radius 1 is 1.26 bits per heavy atom. The second-order valence-electron chi connectivity index (χ2n) is 6.58. The fraction of sp³-hybridized carbons (Fsp3) is 0.500. The summed E-state index contributed by atoms with van der Waals surface area (Å²) in [5, 5.41) is 11.2. The minimum absolute atomic E-state index is 0.0327. The van der Waals surface area contributed by atoms with Crippen molar-refractivity contribution in [3.63, 3.8) is 0 Å². The Morgan fingerprint density at radius 2 is 1.96 bits per heavy atom. The number of carbonyl (C=O) groups is 2. The number of nitro groups is 1. The number of hydrogen-bond donors (Lipinski definition) is 0. The molecule has 9 nitrogen and oxygen atoms in total. The van der Waals surface area contributed by atoms with Crippen LogP contribution in [0.2, 0.25) is 5.02 Å². The summed E-state index contributed by atoms with van der Waals surface area (Å²) in [6.45, 7) is -0.605. The molecule has 0 aromatic heterocycles. The molecule has 0 bridgehead atoms. The lowest BCUT2D eigenvalue weighted by molar-refractivity contribution is -0.385.